The molecule has 1 amide bonds. The Morgan fingerprint density at radius 2 is 1.96 bits per heavy atom. The minimum absolute atomic E-state index is 0.00402. The van der Waals surface area contributed by atoms with Crippen molar-refractivity contribution >= 4 is 23.5 Å². The highest BCUT2D eigenvalue weighted by Crippen LogP contribution is 2.25. The molecule has 8 heteroatoms. The molecule has 0 aliphatic carbocycles. The molecule has 24 heavy (non-hydrogen) atoms. The molecular weight excluding hydrogens is 328 g/mol. The second-order valence-electron chi connectivity index (χ2n) is 5.28. The number of methoxy groups -OCH3 is 1. The quantitative estimate of drug-likeness (QED) is 0.574. The molecule has 0 fully saturated rings. The number of thioether (sulfide) groups is 1. The molecule has 0 unspecified atom stereocenters. The fourth-order valence-electron chi connectivity index (χ4n) is 2.10. The van der Waals surface area contributed by atoms with Gasteiger partial charge in [-0.05, 0) is 31.2 Å². The molecule has 0 spiro atoms. The highest BCUT2D eigenvalue weighted by atomic mass is 32.2. The SMILES string of the molecule is COc1ccc(C(=O)[C@H](C)Sc2nnc(CCC(N)=O)n2C)cc1. The molecule has 1 aromatic heterocycles. The number of hydrogen-bond donors (Lipinski definition) is 1. The summed E-state index contributed by atoms with van der Waals surface area (Å²) < 4.78 is 6.88. The predicted octanol–water partition coefficient (Wildman–Crippen LogP) is 1.61. The van der Waals surface area contributed by atoms with Gasteiger partial charge in [-0.2, -0.15) is 0 Å². The molecule has 1 aromatic carbocycles. The van der Waals surface area contributed by atoms with Gasteiger partial charge in [0.1, 0.15) is 11.6 Å². The molecule has 2 rings (SSSR count). The normalized spacial score (nSPS) is 12.0. The van der Waals surface area contributed by atoms with Crippen LogP contribution >= 0.6 is 11.8 Å². The van der Waals surface area contributed by atoms with E-state index in [4.69, 9.17) is 10.5 Å². The van der Waals surface area contributed by atoms with E-state index in [1.54, 1.807) is 35.9 Å². The zero-order chi connectivity index (χ0) is 17.7. The highest BCUT2D eigenvalue weighted by Gasteiger charge is 2.20. The first kappa shape index (κ1) is 18.0. The van der Waals surface area contributed by atoms with Crippen LogP contribution in [0.4, 0.5) is 0 Å². The summed E-state index contributed by atoms with van der Waals surface area (Å²) in [7, 11) is 3.39. The van der Waals surface area contributed by atoms with E-state index in [9.17, 15) is 9.59 Å². The van der Waals surface area contributed by atoms with E-state index in [2.05, 4.69) is 10.2 Å². The zero-order valence-electron chi connectivity index (χ0n) is 13.9. The van der Waals surface area contributed by atoms with E-state index in [-0.39, 0.29) is 23.4 Å². The summed E-state index contributed by atoms with van der Waals surface area (Å²) in [5, 5.41) is 8.45. The summed E-state index contributed by atoms with van der Waals surface area (Å²) in [4.78, 5) is 23.4. The van der Waals surface area contributed by atoms with E-state index < -0.39 is 0 Å². The minimum atomic E-state index is -0.379. The maximum absolute atomic E-state index is 12.5. The fourth-order valence-corrected chi connectivity index (χ4v) is 3.01. The van der Waals surface area contributed by atoms with Crippen LogP contribution in [0.1, 0.15) is 29.5 Å². The van der Waals surface area contributed by atoms with Crippen molar-refractivity contribution in [1.82, 2.24) is 14.8 Å². The van der Waals surface area contributed by atoms with Gasteiger partial charge in [-0.15, -0.1) is 10.2 Å². The van der Waals surface area contributed by atoms with Crippen LogP contribution in [-0.4, -0.2) is 38.8 Å². The van der Waals surface area contributed by atoms with Crippen LogP contribution in [0.3, 0.4) is 0 Å². The molecule has 0 aliphatic rings. The van der Waals surface area contributed by atoms with Crippen LogP contribution in [-0.2, 0) is 18.3 Å². The standard InChI is InChI=1S/C16H20N4O3S/c1-10(15(22)11-4-6-12(23-3)7-5-11)24-16-19-18-14(20(16)2)9-8-13(17)21/h4-7,10H,8-9H2,1-3H3,(H2,17,21)/t10-/m0/s1. The average molecular weight is 348 g/mol. The maximum Gasteiger partial charge on any atom is 0.217 e. The average Bonchev–Trinajstić information content (AvgIpc) is 2.92. The Morgan fingerprint density at radius 1 is 1.29 bits per heavy atom. The van der Waals surface area contributed by atoms with Gasteiger partial charge >= 0.3 is 0 Å². The van der Waals surface area contributed by atoms with Crippen molar-refractivity contribution in [3.05, 3.63) is 35.7 Å². The van der Waals surface area contributed by atoms with Crippen LogP contribution in [0.5, 0.6) is 5.75 Å². The third kappa shape index (κ3) is 4.35. The maximum atomic E-state index is 12.5. The second-order valence-corrected chi connectivity index (χ2v) is 6.58. The van der Waals surface area contributed by atoms with Gasteiger partial charge in [-0.1, -0.05) is 11.8 Å². The number of hydrogen-bond acceptors (Lipinski definition) is 6. The van der Waals surface area contributed by atoms with E-state index in [1.807, 2.05) is 14.0 Å². The number of amides is 1. The van der Waals surface area contributed by atoms with Gasteiger partial charge in [-0.25, -0.2) is 0 Å². The van der Waals surface area contributed by atoms with E-state index in [1.165, 1.54) is 11.8 Å². The number of carbonyl (C=O) groups is 2. The van der Waals surface area contributed by atoms with Gasteiger partial charge in [-0.3, -0.25) is 9.59 Å². The molecule has 7 nitrogen and oxygen atoms in total. The van der Waals surface area contributed by atoms with Gasteiger partial charge in [0.25, 0.3) is 0 Å². The summed E-state index contributed by atoms with van der Waals surface area (Å²) in [6.45, 7) is 1.83. The van der Waals surface area contributed by atoms with E-state index in [0.29, 0.717) is 28.7 Å². The number of nitrogens with two attached hydrogens (primary N) is 1. The number of aromatic nitrogens is 3. The lowest BCUT2D eigenvalue weighted by atomic mass is 10.1. The number of ether oxygens (including phenoxy) is 1. The smallest absolute Gasteiger partial charge is 0.217 e. The first-order chi connectivity index (χ1) is 11.4. The topological polar surface area (TPSA) is 100 Å². The van der Waals surface area contributed by atoms with Crippen LogP contribution in [0.15, 0.2) is 29.4 Å². The third-order valence-corrected chi connectivity index (χ3v) is 4.68. The molecule has 2 N–H and O–H groups in total. The Bertz CT molecular complexity index is 727. The second kappa shape index (κ2) is 7.96. The summed E-state index contributed by atoms with van der Waals surface area (Å²) in [6, 6.07) is 7.00. The van der Waals surface area contributed by atoms with Gasteiger partial charge in [0, 0.05) is 25.5 Å². The van der Waals surface area contributed by atoms with Crippen LogP contribution in [0, 0.1) is 0 Å². The molecule has 1 heterocycles. The number of primary amides is 1. The van der Waals surface area contributed by atoms with Gasteiger partial charge in [0.2, 0.25) is 5.91 Å². The van der Waals surface area contributed by atoms with Crippen molar-refractivity contribution in [2.45, 2.75) is 30.2 Å². The third-order valence-electron chi connectivity index (χ3n) is 3.55. The summed E-state index contributed by atoms with van der Waals surface area (Å²) in [5.41, 5.74) is 5.77. The van der Waals surface area contributed by atoms with Crippen molar-refractivity contribution in [2.75, 3.05) is 7.11 Å². The number of Topliss-reactive ketones (excluding diaryl/α,β-unsaturated/α-hetero) is 1. The zero-order valence-corrected chi connectivity index (χ0v) is 14.7. The lowest BCUT2D eigenvalue weighted by molar-refractivity contribution is -0.118. The molecule has 0 bridgehead atoms. The monoisotopic (exact) mass is 348 g/mol. The van der Waals surface area contributed by atoms with Crippen molar-refractivity contribution in [3.8, 4) is 5.75 Å². The van der Waals surface area contributed by atoms with Gasteiger partial charge in [0.05, 0.1) is 12.4 Å². The van der Waals surface area contributed by atoms with E-state index >= 15 is 0 Å². The summed E-state index contributed by atoms with van der Waals surface area (Å²) >= 11 is 1.33. The number of aryl methyl sites for hydroxylation is 1. The molecule has 0 aliphatic heterocycles. The summed E-state index contributed by atoms with van der Waals surface area (Å²) in [6.07, 6.45) is 0.650. The molecule has 0 saturated carbocycles. The van der Waals surface area contributed by atoms with Crippen LogP contribution in [0.2, 0.25) is 0 Å². The van der Waals surface area contributed by atoms with Crippen molar-refractivity contribution in [1.29, 1.82) is 0 Å². The van der Waals surface area contributed by atoms with Crippen molar-refractivity contribution in [3.63, 3.8) is 0 Å². The highest BCUT2D eigenvalue weighted by molar-refractivity contribution is 8.00. The molecule has 0 radical (unpaired) electrons. The number of rotatable bonds is 8. The van der Waals surface area contributed by atoms with E-state index in [0.717, 1.165) is 0 Å². The Labute approximate surface area is 144 Å². The Morgan fingerprint density at radius 3 is 2.54 bits per heavy atom. The fraction of sp³-hybridized carbons (Fsp3) is 0.375. The number of nitrogens with zero attached hydrogens (tertiary/aromatic N) is 3. The molecule has 1 atom stereocenters. The summed E-state index contributed by atoms with van der Waals surface area (Å²) in [5.74, 6) is 0.999. The number of carbonyl (C=O) groups excluding carboxylic acids is 2. The van der Waals surface area contributed by atoms with Crippen LogP contribution < -0.4 is 10.5 Å². The number of benzene rings is 1. The lowest BCUT2D eigenvalue weighted by Crippen LogP contribution is -2.15. The Hall–Kier alpha value is -2.35. The molecule has 2 aromatic rings. The first-order valence-corrected chi connectivity index (χ1v) is 8.31. The molecule has 0 saturated heterocycles. The molecular formula is C16H20N4O3S. The lowest BCUT2D eigenvalue weighted by Gasteiger charge is -2.10. The van der Waals surface area contributed by atoms with Crippen molar-refractivity contribution < 1.29 is 14.3 Å². The van der Waals surface area contributed by atoms with Crippen LogP contribution in [0.25, 0.3) is 0 Å². The number of ketones is 1. The Kier molecular flexibility index (Phi) is 5.97. The van der Waals surface area contributed by atoms with Crippen molar-refractivity contribution in [2.24, 2.45) is 12.8 Å². The van der Waals surface area contributed by atoms with Gasteiger partial charge in [0.15, 0.2) is 10.9 Å². The Balaban J connectivity index is 2.04. The van der Waals surface area contributed by atoms with Gasteiger partial charge < -0.3 is 15.0 Å². The minimum Gasteiger partial charge on any atom is -0.497 e. The molecule has 128 valence electrons. The predicted molar refractivity (Wildman–Crippen MR) is 91.2 cm³/mol. The first-order valence-electron chi connectivity index (χ1n) is 7.44. The largest absolute Gasteiger partial charge is 0.497 e.